The lowest BCUT2D eigenvalue weighted by molar-refractivity contribution is 0.590. The van der Waals surface area contributed by atoms with Crippen LogP contribution in [0.2, 0.25) is 0 Å². The van der Waals surface area contributed by atoms with Crippen LogP contribution in [0.1, 0.15) is 101 Å². The van der Waals surface area contributed by atoms with Gasteiger partial charge in [-0.3, -0.25) is 0 Å². The number of nitrogens with zero attached hydrogens (tertiary/aromatic N) is 3. The van der Waals surface area contributed by atoms with E-state index in [1.807, 2.05) is 11.3 Å². The molecule has 0 N–H and O–H groups in total. The molecule has 0 atom stereocenters. The fourth-order valence-electron chi connectivity index (χ4n) is 12.8. The molecule has 0 bridgehead atoms. The summed E-state index contributed by atoms with van der Waals surface area (Å²) < 4.78 is 5.19. The maximum absolute atomic E-state index is 2.69. The van der Waals surface area contributed by atoms with E-state index < -0.39 is 0 Å². The van der Waals surface area contributed by atoms with Crippen molar-refractivity contribution in [1.82, 2.24) is 4.57 Å². The molecule has 0 saturated heterocycles. The Bertz CT molecular complexity index is 4140. The molecule has 0 fully saturated rings. The van der Waals surface area contributed by atoms with Gasteiger partial charge in [0.05, 0.1) is 22.4 Å². The van der Waals surface area contributed by atoms with E-state index >= 15 is 0 Å². The van der Waals surface area contributed by atoms with Crippen molar-refractivity contribution in [3.8, 4) is 16.8 Å². The number of thiophene rings is 1. The van der Waals surface area contributed by atoms with Gasteiger partial charge in [-0.15, -0.1) is 11.3 Å². The van der Waals surface area contributed by atoms with Crippen LogP contribution in [0.5, 0.6) is 0 Å². The molecule has 0 amide bonds. The molecule has 13 rings (SSSR count). The SMILES string of the molecule is Cc1cccc(C)c1N1c2cc(C(C)(C)C)ccc2B2c3cc4c5cc(C(C)(C)C)ccc5n(-c5ccccc5)c4cc3N(c3c(C)cc(-c4cccc5c4sc4ccccc45)cc3C)c3cc(C(C)(C)C)cc1c32. The van der Waals surface area contributed by atoms with Crippen LogP contribution in [0.25, 0.3) is 58.8 Å². The first-order valence-corrected chi connectivity index (χ1v) is 27.8. The van der Waals surface area contributed by atoms with Gasteiger partial charge in [-0.05, 0) is 177 Å². The van der Waals surface area contributed by atoms with Gasteiger partial charge in [0.2, 0.25) is 0 Å². The van der Waals surface area contributed by atoms with Gasteiger partial charge >= 0.3 is 0 Å². The first-order chi connectivity index (χ1) is 35.8. The Balaban J connectivity index is 1.18. The smallest absolute Gasteiger partial charge is 0.252 e. The number of aryl methyl sites for hydroxylation is 4. The normalized spacial score (nSPS) is 13.6. The molecule has 0 saturated carbocycles. The van der Waals surface area contributed by atoms with Crippen LogP contribution >= 0.6 is 11.3 Å². The summed E-state index contributed by atoms with van der Waals surface area (Å²) >= 11 is 1.91. The van der Waals surface area contributed by atoms with Gasteiger partial charge < -0.3 is 14.4 Å². The Morgan fingerprint density at radius 3 is 1.61 bits per heavy atom. The van der Waals surface area contributed by atoms with E-state index in [2.05, 4.69) is 268 Å². The summed E-state index contributed by atoms with van der Waals surface area (Å²) in [6.45, 7) is 30.4. The summed E-state index contributed by atoms with van der Waals surface area (Å²) in [6.07, 6.45) is 0. The van der Waals surface area contributed by atoms with Crippen molar-refractivity contribution >= 4 is 111 Å². The number of para-hydroxylation sites is 2. The van der Waals surface area contributed by atoms with E-state index in [1.54, 1.807) is 0 Å². The number of aromatic nitrogens is 1. The van der Waals surface area contributed by atoms with Gasteiger partial charge in [-0.25, -0.2) is 0 Å². The van der Waals surface area contributed by atoms with Crippen molar-refractivity contribution in [3.05, 3.63) is 203 Å². The second-order valence-corrected chi connectivity index (χ2v) is 25.9. The third kappa shape index (κ3) is 7.28. The molecule has 0 unspecified atom stereocenters. The lowest BCUT2D eigenvalue weighted by atomic mass is 9.33. The summed E-state index contributed by atoms with van der Waals surface area (Å²) in [4.78, 5) is 5.35. The highest BCUT2D eigenvalue weighted by molar-refractivity contribution is 7.26. The van der Waals surface area contributed by atoms with Crippen LogP contribution in [0.4, 0.5) is 34.1 Å². The Hall–Kier alpha value is -7.34. The van der Waals surface area contributed by atoms with Gasteiger partial charge in [0.15, 0.2) is 0 Å². The molecule has 0 radical (unpaired) electrons. The van der Waals surface area contributed by atoms with Crippen molar-refractivity contribution < 1.29 is 0 Å². The Labute approximate surface area is 448 Å². The Morgan fingerprint density at radius 2 is 0.947 bits per heavy atom. The first kappa shape index (κ1) is 47.4. The summed E-state index contributed by atoms with van der Waals surface area (Å²) in [6, 6.07) is 63.4. The first-order valence-electron chi connectivity index (χ1n) is 27.0. The van der Waals surface area contributed by atoms with Crippen LogP contribution in [-0.2, 0) is 16.2 Å². The quantitative estimate of drug-likeness (QED) is 0.163. The zero-order valence-corrected chi connectivity index (χ0v) is 46.7. The molecule has 2 aromatic heterocycles. The topological polar surface area (TPSA) is 11.4 Å². The van der Waals surface area contributed by atoms with E-state index in [1.165, 1.54) is 143 Å². The number of hydrogen-bond acceptors (Lipinski definition) is 3. The molecule has 370 valence electrons. The van der Waals surface area contributed by atoms with E-state index in [9.17, 15) is 0 Å². The highest BCUT2D eigenvalue weighted by Crippen LogP contribution is 2.51. The Kier molecular flexibility index (Phi) is 10.5. The molecule has 9 aromatic carbocycles. The molecule has 75 heavy (non-hydrogen) atoms. The van der Waals surface area contributed by atoms with Crippen LogP contribution in [0.15, 0.2) is 164 Å². The van der Waals surface area contributed by atoms with Gasteiger partial charge in [0.1, 0.15) is 0 Å². The molecule has 4 heterocycles. The fraction of sp³-hybridized carbons (Fsp3) is 0.229. The van der Waals surface area contributed by atoms with Crippen molar-refractivity contribution in [2.24, 2.45) is 0 Å². The van der Waals surface area contributed by atoms with Crippen molar-refractivity contribution in [1.29, 1.82) is 0 Å². The molecule has 0 aliphatic carbocycles. The van der Waals surface area contributed by atoms with Gasteiger partial charge in [0.25, 0.3) is 6.71 Å². The zero-order valence-electron chi connectivity index (χ0n) is 45.9. The maximum Gasteiger partial charge on any atom is 0.252 e. The minimum Gasteiger partial charge on any atom is -0.311 e. The second-order valence-electron chi connectivity index (χ2n) is 24.9. The van der Waals surface area contributed by atoms with Crippen LogP contribution in [0, 0.1) is 27.7 Å². The molecular formula is C70H66BN3S. The van der Waals surface area contributed by atoms with E-state index in [0.717, 1.165) is 5.69 Å². The largest absolute Gasteiger partial charge is 0.311 e. The highest BCUT2D eigenvalue weighted by atomic mass is 32.1. The third-order valence-corrected chi connectivity index (χ3v) is 17.9. The molecule has 11 aromatic rings. The Morgan fingerprint density at radius 1 is 0.400 bits per heavy atom. The van der Waals surface area contributed by atoms with Crippen molar-refractivity contribution in [3.63, 3.8) is 0 Å². The summed E-state index contributed by atoms with van der Waals surface area (Å²) in [5.41, 5.74) is 26.4. The molecule has 5 heteroatoms. The zero-order chi connectivity index (χ0) is 52.2. The van der Waals surface area contributed by atoms with Crippen molar-refractivity contribution in [2.75, 3.05) is 9.80 Å². The summed E-state index contributed by atoms with van der Waals surface area (Å²) in [5.74, 6) is 0. The average Bonchev–Trinajstić information content (AvgIpc) is 3.94. The fourth-order valence-corrected chi connectivity index (χ4v) is 14.0. The lowest BCUT2D eigenvalue weighted by Crippen LogP contribution is -2.61. The summed E-state index contributed by atoms with van der Waals surface area (Å²) in [5, 5.41) is 5.21. The minimum atomic E-state index is -0.154. The third-order valence-electron chi connectivity index (χ3n) is 16.7. The van der Waals surface area contributed by atoms with Crippen molar-refractivity contribution in [2.45, 2.75) is 106 Å². The molecular weight excluding hydrogens is 926 g/mol. The molecule has 3 nitrogen and oxygen atoms in total. The van der Waals surface area contributed by atoms with E-state index in [-0.39, 0.29) is 23.0 Å². The average molecular weight is 992 g/mol. The second kappa shape index (κ2) is 16.6. The molecule has 2 aliphatic heterocycles. The van der Waals surface area contributed by atoms with Gasteiger partial charge in [-0.2, -0.15) is 0 Å². The minimum absolute atomic E-state index is 0.0209. The predicted molar refractivity (Wildman–Crippen MR) is 328 cm³/mol. The number of fused-ring (bicyclic) bond motifs is 10. The van der Waals surface area contributed by atoms with Crippen LogP contribution in [-0.4, -0.2) is 11.3 Å². The lowest BCUT2D eigenvalue weighted by Gasteiger charge is -2.46. The van der Waals surface area contributed by atoms with Gasteiger partial charge in [-0.1, -0.05) is 159 Å². The molecule has 2 aliphatic rings. The van der Waals surface area contributed by atoms with E-state index in [0.29, 0.717) is 0 Å². The highest BCUT2D eigenvalue weighted by Gasteiger charge is 2.46. The summed E-state index contributed by atoms with van der Waals surface area (Å²) in [7, 11) is 0. The molecule has 0 spiro atoms. The number of benzene rings is 9. The monoisotopic (exact) mass is 992 g/mol. The number of hydrogen-bond donors (Lipinski definition) is 0. The van der Waals surface area contributed by atoms with Gasteiger partial charge in [0, 0.05) is 59.4 Å². The standard InChI is InChI=1S/C70H66BN3S/c1-41-21-19-22-42(2)65(41)73-59-36-47(69(8,9)10)29-31-55(59)71-56-39-54-53-35-46(68(5,6)7)30-32-57(53)72(49-23-15-14-16-24-49)58(54)40-60(56)74(62-38-48(70(11,12)13)37-61(73)64(62)71)66-43(3)33-45(34-44(66)4)50-26-20-27-52-51-25-17-18-28-63(51)75-67(50)52/h14-40H,1-13H3. The maximum atomic E-state index is 2.69. The number of rotatable bonds is 4. The van der Waals surface area contributed by atoms with Crippen LogP contribution < -0.4 is 26.2 Å². The number of anilines is 6. The van der Waals surface area contributed by atoms with Crippen LogP contribution in [0.3, 0.4) is 0 Å². The predicted octanol–water partition coefficient (Wildman–Crippen LogP) is 18.0. The van der Waals surface area contributed by atoms with E-state index in [4.69, 9.17) is 0 Å².